The number of phosphoric acid groups is 2. The minimum atomic E-state index is -4.97. The van der Waals surface area contributed by atoms with Gasteiger partial charge in [-0.25, -0.2) is 9.13 Å². The molecule has 0 saturated heterocycles. The Kier molecular flexibility index (Phi) is 68.3. The van der Waals surface area contributed by atoms with Gasteiger partial charge in [0.25, 0.3) is 0 Å². The SMILES string of the molecule is CCCCCC/C=C\C=C/CCCCCCCC(=O)OC[C@H](COP(=O)(O)OCC(O)COP(=O)(O)OC[C@@H](COC(=O)CCCCCCC/C=C\C=C/CCCCCC)OC(=O)CCCCCCCCCCCCCCC)OC(=O)CCCCCCCCCCCCCCC. The molecule has 4 atom stereocenters. The van der Waals surface area contributed by atoms with E-state index in [-0.39, 0.29) is 25.7 Å². The summed E-state index contributed by atoms with van der Waals surface area (Å²) in [5.74, 6) is -2.17. The van der Waals surface area contributed by atoms with Crippen LogP contribution in [0.5, 0.6) is 0 Å². The Morgan fingerprint density at radius 3 is 0.760 bits per heavy atom. The third-order valence-electron chi connectivity index (χ3n) is 16.9. The number of aliphatic hydroxyl groups is 1. The number of carbonyl (C=O) groups excluding carboxylic acids is 4. The minimum Gasteiger partial charge on any atom is -0.462 e. The lowest BCUT2D eigenvalue weighted by Crippen LogP contribution is -2.30. The van der Waals surface area contributed by atoms with E-state index < -0.39 is 97.5 Å². The fourth-order valence-corrected chi connectivity index (χ4v) is 12.4. The zero-order chi connectivity index (χ0) is 70.4. The van der Waals surface area contributed by atoms with Gasteiger partial charge in [0.2, 0.25) is 0 Å². The first-order valence-electron chi connectivity index (χ1n) is 38.9. The van der Waals surface area contributed by atoms with Gasteiger partial charge in [-0.2, -0.15) is 0 Å². The molecule has 0 saturated carbocycles. The van der Waals surface area contributed by atoms with Crippen LogP contribution in [0.3, 0.4) is 0 Å². The standard InChI is InChI=1S/C77H142O17P2/c1-5-9-13-17-21-25-29-33-35-39-41-45-49-53-57-61-74(79)87-67-72(93-76(81)63-59-55-51-47-43-37-31-27-23-19-15-11-7-3)69-91-95(83,84)89-65-71(78)66-90-96(85,86)92-70-73(94-77(82)64-60-56-52-48-44-38-32-28-24-20-16-12-8-4)68-88-75(80)62-58-54-50-46-42-40-36-34-30-26-22-18-14-10-6-2/h25-26,29-30,33-36,71-73,78H,5-24,27-28,31-32,37-70H2,1-4H3,(H,83,84)(H,85,86)/b29-25-,30-26-,35-33-,36-34-/t72-,73-/m1/s1. The largest absolute Gasteiger partial charge is 0.472 e. The van der Waals surface area contributed by atoms with Gasteiger partial charge >= 0.3 is 39.5 Å². The van der Waals surface area contributed by atoms with Gasteiger partial charge in [0.15, 0.2) is 12.2 Å². The number of carbonyl (C=O) groups is 4. The number of hydrogen-bond acceptors (Lipinski definition) is 15. The molecule has 17 nitrogen and oxygen atoms in total. The number of aliphatic hydroxyl groups excluding tert-OH is 1. The monoisotopic (exact) mass is 1400 g/mol. The normalized spacial score (nSPS) is 14.2. The van der Waals surface area contributed by atoms with Gasteiger partial charge < -0.3 is 33.8 Å². The topological polar surface area (TPSA) is 237 Å². The van der Waals surface area contributed by atoms with Crippen LogP contribution in [0.15, 0.2) is 48.6 Å². The summed E-state index contributed by atoms with van der Waals surface area (Å²) in [7, 11) is -9.93. The summed E-state index contributed by atoms with van der Waals surface area (Å²) in [6, 6.07) is 0. The number of esters is 4. The third-order valence-corrected chi connectivity index (χ3v) is 18.8. The maximum absolute atomic E-state index is 13.1. The second kappa shape index (κ2) is 70.5. The fraction of sp³-hybridized carbons (Fsp3) is 0.844. The number of ether oxygens (including phenoxy) is 4. The maximum Gasteiger partial charge on any atom is 0.472 e. The van der Waals surface area contributed by atoms with E-state index in [1.807, 2.05) is 0 Å². The second-order valence-electron chi connectivity index (χ2n) is 26.4. The molecule has 0 fully saturated rings. The Morgan fingerprint density at radius 1 is 0.292 bits per heavy atom. The van der Waals surface area contributed by atoms with Gasteiger partial charge in [0.05, 0.1) is 26.4 Å². The quantitative estimate of drug-likeness (QED) is 0.0169. The van der Waals surface area contributed by atoms with Gasteiger partial charge in [-0.15, -0.1) is 0 Å². The Balaban J connectivity index is 5.32. The first-order valence-corrected chi connectivity index (χ1v) is 41.9. The van der Waals surface area contributed by atoms with Crippen molar-refractivity contribution in [3.63, 3.8) is 0 Å². The van der Waals surface area contributed by atoms with Crippen molar-refractivity contribution in [2.45, 2.75) is 380 Å². The van der Waals surface area contributed by atoms with Crippen LogP contribution in [0.4, 0.5) is 0 Å². The molecule has 2 unspecified atom stereocenters. The van der Waals surface area contributed by atoms with Crippen molar-refractivity contribution < 1.29 is 80.2 Å². The molecule has 96 heavy (non-hydrogen) atoms. The van der Waals surface area contributed by atoms with E-state index in [0.717, 1.165) is 128 Å². The smallest absolute Gasteiger partial charge is 0.462 e. The lowest BCUT2D eigenvalue weighted by molar-refractivity contribution is -0.161. The molecule has 0 aliphatic heterocycles. The highest BCUT2D eigenvalue weighted by Crippen LogP contribution is 2.45. The Labute approximate surface area is 585 Å². The zero-order valence-electron chi connectivity index (χ0n) is 61.3. The van der Waals surface area contributed by atoms with E-state index in [0.29, 0.717) is 25.7 Å². The van der Waals surface area contributed by atoms with E-state index >= 15 is 0 Å². The number of rotatable bonds is 74. The fourth-order valence-electron chi connectivity index (χ4n) is 10.9. The van der Waals surface area contributed by atoms with E-state index in [9.17, 15) is 43.2 Å². The lowest BCUT2D eigenvalue weighted by atomic mass is 10.0. The molecule has 0 aromatic carbocycles. The highest BCUT2D eigenvalue weighted by molar-refractivity contribution is 7.47. The van der Waals surface area contributed by atoms with Crippen LogP contribution < -0.4 is 0 Å². The summed E-state index contributed by atoms with van der Waals surface area (Å²) in [6.45, 7) is 4.87. The Bertz CT molecular complexity index is 1880. The molecule has 0 bridgehead atoms. The van der Waals surface area contributed by atoms with Gasteiger partial charge in [-0.1, -0.05) is 307 Å². The van der Waals surface area contributed by atoms with Crippen LogP contribution >= 0.6 is 15.6 Å². The van der Waals surface area contributed by atoms with Crippen molar-refractivity contribution in [1.82, 2.24) is 0 Å². The van der Waals surface area contributed by atoms with Crippen molar-refractivity contribution >= 4 is 39.5 Å². The van der Waals surface area contributed by atoms with Crippen LogP contribution in [0.25, 0.3) is 0 Å². The molecule has 0 rings (SSSR count). The van der Waals surface area contributed by atoms with Crippen LogP contribution in [0.1, 0.15) is 362 Å². The first kappa shape index (κ1) is 93.0. The second-order valence-corrected chi connectivity index (χ2v) is 29.3. The van der Waals surface area contributed by atoms with E-state index in [1.54, 1.807) is 0 Å². The molecule has 0 spiro atoms. The van der Waals surface area contributed by atoms with Crippen molar-refractivity contribution in [3.05, 3.63) is 48.6 Å². The van der Waals surface area contributed by atoms with Crippen LogP contribution in [-0.2, 0) is 65.4 Å². The van der Waals surface area contributed by atoms with Gasteiger partial charge in [-0.3, -0.25) is 37.3 Å². The molecule has 19 heteroatoms. The molecule has 562 valence electrons. The van der Waals surface area contributed by atoms with E-state index in [4.69, 9.17) is 37.0 Å². The van der Waals surface area contributed by atoms with Crippen molar-refractivity contribution in [1.29, 1.82) is 0 Å². The molecular formula is C77H142O17P2. The van der Waals surface area contributed by atoms with Crippen molar-refractivity contribution in [3.8, 4) is 0 Å². The van der Waals surface area contributed by atoms with Crippen LogP contribution in [-0.4, -0.2) is 96.7 Å². The summed E-state index contributed by atoms with van der Waals surface area (Å²) in [5.41, 5.74) is 0. The molecule has 0 aliphatic rings. The summed E-state index contributed by atoms with van der Waals surface area (Å²) in [6.07, 6.45) is 66.6. The van der Waals surface area contributed by atoms with Gasteiger partial charge in [0.1, 0.15) is 19.3 Å². The highest BCUT2D eigenvalue weighted by Gasteiger charge is 2.30. The molecule has 0 heterocycles. The summed E-state index contributed by atoms with van der Waals surface area (Å²) < 4.78 is 68.5. The van der Waals surface area contributed by atoms with Crippen LogP contribution in [0, 0.1) is 0 Å². The number of phosphoric ester groups is 2. The Morgan fingerprint density at radius 2 is 0.500 bits per heavy atom. The zero-order valence-corrected chi connectivity index (χ0v) is 63.1. The molecule has 0 radical (unpaired) electrons. The van der Waals surface area contributed by atoms with Gasteiger partial charge in [-0.05, 0) is 77.0 Å². The number of hydrogen-bond donors (Lipinski definition) is 3. The predicted octanol–water partition coefficient (Wildman–Crippen LogP) is 22.1. The molecule has 0 amide bonds. The number of allylic oxidation sites excluding steroid dienone is 8. The summed E-state index contributed by atoms with van der Waals surface area (Å²) >= 11 is 0. The Hall–Kier alpha value is -2.98. The summed E-state index contributed by atoms with van der Waals surface area (Å²) in [4.78, 5) is 72.8. The number of unbranched alkanes of at least 4 members (excludes halogenated alkanes) is 42. The molecule has 0 aliphatic carbocycles. The average Bonchev–Trinajstić information content (AvgIpc) is 1.14. The average molecular weight is 1400 g/mol. The molecule has 0 aromatic heterocycles. The highest BCUT2D eigenvalue weighted by atomic mass is 31.2. The van der Waals surface area contributed by atoms with Crippen LogP contribution in [0.2, 0.25) is 0 Å². The van der Waals surface area contributed by atoms with E-state index in [2.05, 4.69) is 76.3 Å². The first-order chi connectivity index (χ1) is 46.7. The summed E-state index contributed by atoms with van der Waals surface area (Å²) in [5, 5.41) is 10.6. The molecule has 0 aromatic rings. The van der Waals surface area contributed by atoms with Crippen molar-refractivity contribution in [2.75, 3.05) is 39.6 Å². The van der Waals surface area contributed by atoms with Crippen molar-refractivity contribution in [2.24, 2.45) is 0 Å². The minimum absolute atomic E-state index is 0.0989. The molecule has 3 N–H and O–H groups in total. The predicted molar refractivity (Wildman–Crippen MR) is 390 cm³/mol. The third kappa shape index (κ3) is 69.5. The van der Waals surface area contributed by atoms with Gasteiger partial charge in [0, 0.05) is 25.7 Å². The lowest BCUT2D eigenvalue weighted by Gasteiger charge is -2.21. The van der Waals surface area contributed by atoms with E-state index in [1.165, 1.54) is 154 Å². The molecular weight excluding hydrogens is 1260 g/mol. The maximum atomic E-state index is 13.1.